The molecular formula is C27H44O. The van der Waals surface area contributed by atoms with Crippen LogP contribution in [0.3, 0.4) is 0 Å². The van der Waals surface area contributed by atoms with E-state index in [4.69, 9.17) is 0 Å². The average Bonchev–Trinajstić information content (AvgIpc) is 2.99. The van der Waals surface area contributed by atoms with E-state index in [9.17, 15) is 5.11 Å². The van der Waals surface area contributed by atoms with E-state index in [-0.39, 0.29) is 11.5 Å². The first kappa shape index (κ1) is 20.7. The summed E-state index contributed by atoms with van der Waals surface area (Å²) in [6, 6.07) is 0. The topological polar surface area (TPSA) is 20.2 Å². The number of hydrogen-bond donors (Lipinski definition) is 1. The van der Waals surface area contributed by atoms with Crippen LogP contribution >= 0.6 is 0 Å². The Kier molecular flexibility index (Phi) is 5.62. The summed E-state index contributed by atoms with van der Waals surface area (Å²) in [6.45, 7) is 12.4. The molecule has 9 atom stereocenters. The molecule has 1 nitrogen and oxygen atoms in total. The maximum atomic E-state index is 10.1. The van der Waals surface area contributed by atoms with Crippen LogP contribution in [0.2, 0.25) is 0 Å². The van der Waals surface area contributed by atoms with Gasteiger partial charge in [0.05, 0.1) is 6.10 Å². The van der Waals surface area contributed by atoms with E-state index in [1.165, 1.54) is 44.9 Å². The van der Waals surface area contributed by atoms with Crippen molar-refractivity contribution in [3.05, 3.63) is 24.3 Å². The molecule has 0 radical (unpaired) electrons. The van der Waals surface area contributed by atoms with Crippen LogP contribution in [-0.4, -0.2) is 11.2 Å². The zero-order chi connectivity index (χ0) is 20.1. The van der Waals surface area contributed by atoms with Crippen LogP contribution < -0.4 is 0 Å². The largest absolute Gasteiger partial charge is 0.389 e. The summed E-state index contributed by atoms with van der Waals surface area (Å²) in [6.07, 6.45) is 20.3. The van der Waals surface area contributed by atoms with E-state index >= 15 is 0 Å². The minimum Gasteiger partial charge on any atom is -0.389 e. The fourth-order valence-corrected chi connectivity index (χ4v) is 8.16. The lowest BCUT2D eigenvalue weighted by Gasteiger charge is -2.57. The van der Waals surface area contributed by atoms with Gasteiger partial charge in [-0.15, -0.1) is 0 Å². The molecule has 2 fully saturated rings. The van der Waals surface area contributed by atoms with Crippen molar-refractivity contribution in [3.63, 3.8) is 0 Å². The number of allylic oxidation sites excluding steroid dienone is 3. The summed E-state index contributed by atoms with van der Waals surface area (Å²) >= 11 is 0. The van der Waals surface area contributed by atoms with Crippen molar-refractivity contribution in [1.82, 2.24) is 0 Å². The molecule has 0 aromatic rings. The highest BCUT2D eigenvalue weighted by atomic mass is 16.3. The lowest BCUT2D eigenvalue weighted by Crippen LogP contribution is -2.50. The van der Waals surface area contributed by atoms with Gasteiger partial charge in [-0.2, -0.15) is 0 Å². The minimum absolute atomic E-state index is 0.213. The van der Waals surface area contributed by atoms with Gasteiger partial charge in [0.25, 0.3) is 0 Å². The third-order valence-electron chi connectivity index (χ3n) is 9.81. The molecule has 1 N–H and O–H groups in total. The second-order valence-electron chi connectivity index (χ2n) is 11.8. The maximum absolute atomic E-state index is 10.1. The lowest BCUT2D eigenvalue weighted by molar-refractivity contribution is -0.0264. The predicted octanol–water partition coefficient (Wildman–Crippen LogP) is 7.02. The van der Waals surface area contributed by atoms with Crippen LogP contribution in [0.1, 0.15) is 86.0 Å². The fraction of sp³-hybridized carbons (Fsp3) is 0.852. The van der Waals surface area contributed by atoms with Crippen LogP contribution in [0.15, 0.2) is 24.3 Å². The Hall–Kier alpha value is -0.560. The van der Waals surface area contributed by atoms with Crippen LogP contribution in [-0.2, 0) is 0 Å². The number of aliphatic hydroxyl groups excluding tert-OH is 1. The molecule has 0 bridgehead atoms. The van der Waals surface area contributed by atoms with E-state index in [1.54, 1.807) is 0 Å². The Bertz CT molecular complexity index is 618. The molecule has 2 saturated carbocycles. The SMILES string of the molecule is CC(C)CCC[C@@H](C)[C@H]1CC[C@H]2[C@@H]3CC[C@@H]4C[C@@H](O)C=C[C@]4(C)[C@H]3C=C[C@]12C. The molecule has 4 aliphatic carbocycles. The van der Waals surface area contributed by atoms with E-state index in [2.05, 4.69) is 58.9 Å². The summed E-state index contributed by atoms with van der Waals surface area (Å²) in [7, 11) is 0. The van der Waals surface area contributed by atoms with Gasteiger partial charge in [-0.05, 0) is 84.4 Å². The molecule has 0 aromatic heterocycles. The Morgan fingerprint density at radius 2 is 1.68 bits per heavy atom. The van der Waals surface area contributed by atoms with E-state index in [0.717, 1.165) is 36.0 Å². The standard InChI is InChI=1S/C27H44O/c1-18(2)7-6-8-19(3)23-11-12-24-22-10-9-20-17-21(28)13-15-26(20,4)25(22)14-16-27(23,24)5/h13-16,18-25,28H,6-12,17H2,1-5H3/t19-,20-,21+,22+,23-,24+,25+,26+,27-/m1/s1. The molecule has 1 heteroatoms. The summed E-state index contributed by atoms with van der Waals surface area (Å²) in [5.41, 5.74) is 0.681. The molecular weight excluding hydrogens is 340 g/mol. The first-order chi connectivity index (χ1) is 13.3. The third-order valence-corrected chi connectivity index (χ3v) is 9.81. The van der Waals surface area contributed by atoms with Gasteiger partial charge >= 0.3 is 0 Å². The molecule has 0 aromatic carbocycles. The van der Waals surface area contributed by atoms with Crippen molar-refractivity contribution in [2.75, 3.05) is 0 Å². The Labute approximate surface area is 174 Å². The first-order valence-corrected chi connectivity index (χ1v) is 12.3. The zero-order valence-electron chi connectivity index (χ0n) is 19.0. The van der Waals surface area contributed by atoms with Crippen LogP contribution in [0, 0.1) is 52.3 Å². The molecule has 28 heavy (non-hydrogen) atoms. The normalized spacial score (nSPS) is 48.2. The van der Waals surface area contributed by atoms with Gasteiger partial charge in [-0.1, -0.05) is 78.2 Å². The summed E-state index contributed by atoms with van der Waals surface area (Å²) in [5, 5.41) is 10.1. The zero-order valence-corrected chi connectivity index (χ0v) is 19.0. The average molecular weight is 385 g/mol. The smallest absolute Gasteiger partial charge is 0.0724 e. The molecule has 4 aliphatic rings. The predicted molar refractivity (Wildman–Crippen MR) is 119 cm³/mol. The third kappa shape index (κ3) is 3.34. The van der Waals surface area contributed by atoms with E-state index in [0.29, 0.717) is 17.3 Å². The van der Waals surface area contributed by atoms with Crippen LogP contribution in [0.5, 0.6) is 0 Å². The highest BCUT2D eigenvalue weighted by Gasteiger charge is 2.58. The molecule has 0 spiro atoms. The maximum Gasteiger partial charge on any atom is 0.0724 e. The molecule has 158 valence electrons. The fourth-order valence-electron chi connectivity index (χ4n) is 8.16. The minimum atomic E-state index is -0.213. The summed E-state index contributed by atoms with van der Waals surface area (Å²) in [4.78, 5) is 0. The Morgan fingerprint density at radius 1 is 0.929 bits per heavy atom. The van der Waals surface area contributed by atoms with Gasteiger partial charge in [0.2, 0.25) is 0 Å². The van der Waals surface area contributed by atoms with Gasteiger partial charge in [0, 0.05) is 0 Å². The van der Waals surface area contributed by atoms with Gasteiger partial charge < -0.3 is 5.11 Å². The molecule has 4 rings (SSSR count). The van der Waals surface area contributed by atoms with Gasteiger partial charge in [-0.25, -0.2) is 0 Å². The summed E-state index contributed by atoms with van der Waals surface area (Å²) < 4.78 is 0. The lowest BCUT2D eigenvalue weighted by atomic mass is 9.48. The van der Waals surface area contributed by atoms with Crippen molar-refractivity contribution in [2.24, 2.45) is 52.3 Å². The Balaban J connectivity index is 1.53. The van der Waals surface area contributed by atoms with Crippen molar-refractivity contribution in [3.8, 4) is 0 Å². The summed E-state index contributed by atoms with van der Waals surface area (Å²) in [5.74, 6) is 5.63. The molecule has 0 unspecified atom stereocenters. The van der Waals surface area contributed by atoms with E-state index < -0.39 is 0 Å². The number of aliphatic hydroxyl groups is 1. The van der Waals surface area contributed by atoms with Gasteiger partial charge in [-0.3, -0.25) is 0 Å². The van der Waals surface area contributed by atoms with Crippen LogP contribution in [0.25, 0.3) is 0 Å². The molecule has 0 aliphatic heterocycles. The molecule has 0 saturated heterocycles. The van der Waals surface area contributed by atoms with E-state index in [1.807, 2.05) is 0 Å². The second kappa shape index (κ2) is 7.60. The van der Waals surface area contributed by atoms with Crippen molar-refractivity contribution in [1.29, 1.82) is 0 Å². The first-order valence-electron chi connectivity index (χ1n) is 12.3. The quantitative estimate of drug-likeness (QED) is 0.505. The highest BCUT2D eigenvalue weighted by molar-refractivity contribution is 5.24. The number of rotatable bonds is 5. The number of hydrogen-bond acceptors (Lipinski definition) is 1. The van der Waals surface area contributed by atoms with Crippen molar-refractivity contribution < 1.29 is 5.11 Å². The van der Waals surface area contributed by atoms with Crippen LogP contribution in [0.4, 0.5) is 0 Å². The highest BCUT2D eigenvalue weighted by Crippen LogP contribution is 2.65. The van der Waals surface area contributed by atoms with Crippen molar-refractivity contribution >= 4 is 0 Å². The molecule has 0 heterocycles. The second-order valence-corrected chi connectivity index (χ2v) is 11.8. The van der Waals surface area contributed by atoms with Gasteiger partial charge in [0.1, 0.15) is 0 Å². The molecule has 0 amide bonds. The van der Waals surface area contributed by atoms with Gasteiger partial charge in [0.15, 0.2) is 0 Å². The Morgan fingerprint density at radius 3 is 2.43 bits per heavy atom. The van der Waals surface area contributed by atoms with Crippen molar-refractivity contribution in [2.45, 2.75) is 92.1 Å². The number of fused-ring (bicyclic) bond motifs is 5. The monoisotopic (exact) mass is 384 g/mol.